The molecule has 0 bridgehead atoms. The minimum Gasteiger partial charge on any atom is -0.378 e. The number of benzene rings is 1. The molecule has 0 saturated carbocycles. The summed E-state index contributed by atoms with van der Waals surface area (Å²) >= 11 is 1.46. The van der Waals surface area contributed by atoms with Crippen LogP contribution in [0.4, 0.5) is 16.4 Å². The molecular formula is C24H28N4O4S. The quantitative estimate of drug-likeness (QED) is 0.511. The van der Waals surface area contributed by atoms with Crippen LogP contribution < -0.4 is 10.2 Å². The molecule has 1 amide bonds. The number of nitrogens with one attached hydrogen (secondary N) is 1. The van der Waals surface area contributed by atoms with Crippen molar-refractivity contribution in [3.63, 3.8) is 0 Å². The average Bonchev–Trinajstić information content (AvgIpc) is 3.14. The Morgan fingerprint density at radius 1 is 1.33 bits per heavy atom. The molecule has 1 aliphatic heterocycles. The van der Waals surface area contributed by atoms with E-state index in [1.54, 1.807) is 6.07 Å². The molecule has 174 valence electrons. The highest BCUT2D eigenvalue weighted by Crippen LogP contribution is 2.44. The molecule has 0 radical (unpaired) electrons. The normalized spacial score (nSPS) is 18.4. The highest BCUT2D eigenvalue weighted by molar-refractivity contribution is 7.16. The van der Waals surface area contributed by atoms with Gasteiger partial charge < -0.3 is 15.0 Å². The van der Waals surface area contributed by atoms with Crippen LogP contribution in [0.3, 0.4) is 0 Å². The first-order valence-corrected chi connectivity index (χ1v) is 12.0. The number of nitriles is 1. The molecule has 1 atom stereocenters. The fraction of sp³-hybridized carbons (Fsp3) is 0.500. The van der Waals surface area contributed by atoms with Crippen molar-refractivity contribution in [2.45, 2.75) is 40.0 Å². The Labute approximate surface area is 197 Å². The Morgan fingerprint density at radius 2 is 2.06 bits per heavy atom. The number of nitrogens with zero attached hydrogens (tertiary/aromatic N) is 3. The molecule has 1 aromatic carbocycles. The van der Waals surface area contributed by atoms with Gasteiger partial charge in [-0.1, -0.05) is 20.8 Å². The number of anilines is 2. The van der Waals surface area contributed by atoms with Crippen LogP contribution in [0, 0.1) is 32.8 Å². The van der Waals surface area contributed by atoms with E-state index in [1.807, 2.05) is 4.90 Å². The van der Waals surface area contributed by atoms with E-state index in [4.69, 9.17) is 4.74 Å². The number of hydrogen-bond acceptors (Lipinski definition) is 7. The summed E-state index contributed by atoms with van der Waals surface area (Å²) in [5.74, 6) is 0.0751. The molecule has 0 spiro atoms. The maximum Gasteiger partial charge on any atom is 0.270 e. The van der Waals surface area contributed by atoms with Crippen molar-refractivity contribution in [1.29, 1.82) is 5.26 Å². The predicted octanol–water partition coefficient (Wildman–Crippen LogP) is 4.77. The summed E-state index contributed by atoms with van der Waals surface area (Å²) in [6.07, 6.45) is 2.73. The van der Waals surface area contributed by atoms with Gasteiger partial charge in [0, 0.05) is 30.1 Å². The van der Waals surface area contributed by atoms with E-state index in [-0.39, 0.29) is 16.7 Å². The standard InChI is InChI=1S/C24H28N4O4S/c1-24(2,3)15-4-6-17-19(14-25)23(33-21(17)12-15)26-22(29)18-13-16(28(30)31)5-7-20(18)27-8-10-32-11-9-27/h5,7,13,15H,4,6,8-12H2,1-3H3,(H,26,29)/t15-/m1/s1. The van der Waals surface area contributed by atoms with Crippen molar-refractivity contribution in [2.24, 2.45) is 11.3 Å². The molecule has 1 N–H and O–H groups in total. The Balaban J connectivity index is 1.66. The highest BCUT2D eigenvalue weighted by atomic mass is 32.1. The fourth-order valence-electron chi connectivity index (χ4n) is 4.60. The van der Waals surface area contributed by atoms with Gasteiger partial charge in [-0.25, -0.2) is 0 Å². The number of carbonyl (C=O) groups is 1. The third-order valence-corrected chi connectivity index (χ3v) is 7.79. The smallest absolute Gasteiger partial charge is 0.270 e. The Bertz CT molecular complexity index is 1120. The zero-order chi connectivity index (χ0) is 23.8. The lowest BCUT2D eigenvalue weighted by Gasteiger charge is -2.33. The van der Waals surface area contributed by atoms with Crippen LogP contribution in [0.5, 0.6) is 0 Å². The third-order valence-electron chi connectivity index (χ3n) is 6.62. The van der Waals surface area contributed by atoms with Gasteiger partial charge in [-0.15, -0.1) is 11.3 Å². The van der Waals surface area contributed by atoms with E-state index < -0.39 is 10.8 Å². The summed E-state index contributed by atoms with van der Waals surface area (Å²) in [6.45, 7) is 8.97. The highest BCUT2D eigenvalue weighted by Gasteiger charge is 2.33. The number of morpholine rings is 1. The summed E-state index contributed by atoms with van der Waals surface area (Å²) < 4.78 is 5.40. The largest absolute Gasteiger partial charge is 0.378 e. The Hall–Kier alpha value is -2.96. The summed E-state index contributed by atoms with van der Waals surface area (Å²) in [6, 6.07) is 6.63. The van der Waals surface area contributed by atoms with Crippen LogP contribution in [-0.2, 0) is 17.6 Å². The maximum absolute atomic E-state index is 13.4. The van der Waals surface area contributed by atoms with E-state index in [9.17, 15) is 20.2 Å². The molecule has 8 nitrogen and oxygen atoms in total. The van der Waals surface area contributed by atoms with Crippen molar-refractivity contribution >= 4 is 33.6 Å². The van der Waals surface area contributed by atoms with E-state index >= 15 is 0 Å². The molecule has 9 heteroatoms. The van der Waals surface area contributed by atoms with Crippen molar-refractivity contribution in [3.05, 3.63) is 49.9 Å². The van der Waals surface area contributed by atoms with Gasteiger partial charge in [-0.3, -0.25) is 14.9 Å². The first kappa shape index (κ1) is 23.2. The number of thiophene rings is 1. The first-order chi connectivity index (χ1) is 15.7. The maximum atomic E-state index is 13.4. The molecule has 2 aromatic rings. The minimum atomic E-state index is -0.503. The van der Waals surface area contributed by atoms with Gasteiger partial charge in [0.2, 0.25) is 0 Å². The number of hydrogen-bond donors (Lipinski definition) is 1. The molecule has 2 heterocycles. The molecule has 1 fully saturated rings. The monoisotopic (exact) mass is 468 g/mol. The van der Waals surface area contributed by atoms with Gasteiger partial charge in [-0.2, -0.15) is 5.26 Å². The minimum absolute atomic E-state index is 0.142. The molecule has 2 aliphatic rings. The van der Waals surface area contributed by atoms with Crippen LogP contribution >= 0.6 is 11.3 Å². The number of amides is 1. The van der Waals surface area contributed by atoms with Crippen molar-refractivity contribution in [2.75, 3.05) is 36.5 Å². The van der Waals surface area contributed by atoms with Crippen LogP contribution in [0.2, 0.25) is 0 Å². The van der Waals surface area contributed by atoms with Crippen molar-refractivity contribution in [1.82, 2.24) is 0 Å². The zero-order valence-corrected chi connectivity index (χ0v) is 20.0. The molecule has 1 saturated heterocycles. The third kappa shape index (κ3) is 4.72. The molecule has 1 aromatic heterocycles. The lowest BCUT2D eigenvalue weighted by atomic mass is 9.72. The number of ether oxygens (including phenoxy) is 1. The van der Waals surface area contributed by atoms with Gasteiger partial charge in [-0.05, 0) is 42.2 Å². The second-order valence-corrected chi connectivity index (χ2v) is 10.7. The van der Waals surface area contributed by atoms with Gasteiger partial charge in [0.05, 0.1) is 35.0 Å². The number of nitro benzene ring substituents is 1. The summed E-state index contributed by atoms with van der Waals surface area (Å²) in [5.41, 5.74) is 2.45. The molecule has 4 rings (SSSR count). The van der Waals surface area contributed by atoms with Crippen LogP contribution in [0.25, 0.3) is 0 Å². The van der Waals surface area contributed by atoms with Gasteiger partial charge >= 0.3 is 0 Å². The number of fused-ring (bicyclic) bond motifs is 1. The van der Waals surface area contributed by atoms with E-state index in [0.717, 1.165) is 29.7 Å². The topological polar surface area (TPSA) is 108 Å². The van der Waals surface area contributed by atoms with Crippen LogP contribution in [0.15, 0.2) is 18.2 Å². The van der Waals surface area contributed by atoms with Crippen molar-refractivity contribution < 1.29 is 14.5 Å². The zero-order valence-electron chi connectivity index (χ0n) is 19.1. The number of carbonyl (C=O) groups excluding carboxylic acids is 1. The molecule has 1 aliphatic carbocycles. The number of rotatable bonds is 4. The van der Waals surface area contributed by atoms with E-state index in [2.05, 4.69) is 32.2 Å². The summed E-state index contributed by atoms with van der Waals surface area (Å²) in [5, 5.41) is 24.6. The number of nitro groups is 1. The van der Waals surface area contributed by atoms with E-state index in [1.165, 1.54) is 23.5 Å². The predicted molar refractivity (Wildman–Crippen MR) is 128 cm³/mol. The van der Waals surface area contributed by atoms with E-state index in [0.29, 0.717) is 48.5 Å². The average molecular weight is 469 g/mol. The lowest BCUT2D eigenvalue weighted by Crippen LogP contribution is -2.37. The summed E-state index contributed by atoms with van der Waals surface area (Å²) in [7, 11) is 0. The molecule has 0 unspecified atom stereocenters. The molecular weight excluding hydrogens is 440 g/mol. The van der Waals surface area contributed by atoms with Crippen LogP contribution in [0.1, 0.15) is 53.6 Å². The SMILES string of the molecule is CC(C)(C)[C@@H]1CCc2c(sc(NC(=O)c3cc([N+](=O)[O-])ccc3N3CCOCC3)c2C#N)C1. The van der Waals surface area contributed by atoms with Gasteiger partial charge in [0.15, 0.2) is 0 Å². The Morgan fingerprint density at radius 3 is 2.70 bits per heavy atom. The fourth-order valence-corrected chi connectivity index (χ4v) is 5.87. The van der Waals surface area contributed by atoms with Gasteiger partial charge in [0.25, 0.3) is 11.6 Å². The van der Waals surface area contributed by atoms with Gasteiger partial charge in [0.1, 0.15) is 11.1 Å². The second-order valence-electron chi connectivity index (χ2n) is 9.64. The molecule has 33 heavy (non-hydrogen) atoms. The van der Waals surface area contributed by atoms with Crippen molar-refractivity contribution in [3.8, 4) is 6.07 Å². The second kappa shape index (κ2) is 9.12. The number of non-ortho nitro benzene ring substituents is 1. The Kier molecular flexibility index (Phi) is 6.41. The van der Waals surface area contributed by atoms with Crippen LogP contribution in [-0.4, -0.2) is 37.1 Å². The lowest BCUT2D eigenvalue weighted by molar-refractivity contribution is -0.384. The summed E-state index contributed by atoms with van der Waals surface area (Å²) in [4.78, 5) is 27.4. The first-order valence-electron chi connectivity index (χ1n) is 11.2.